The van der Waals surface area contributed by atoms with Gasteiger partial charge in [-0.15, -0.1) is 11.3 Å². The van der Waals surface area contributed by atoms with E-state index in [-0.39, 0.29) is 5.43 Å². The Morgan fingerprint density at radius 3 is 2.91 bits per heavy atom. The Labute approximate surface area is 138 Å². The number of nitrogens with one attached hydrogen (secondary N) is 2. The molecule has 0 saturated heterocycles. The number of aryl methyl sites for hydroxylation is 1. The Morgan fingerprint density at radius 1 is 1.35 bits per heavy atom. The van der Waals surface area contributed by atoms with E-state index in [1.54, 1.807) is 23.6 Å². The molecule has 0 aliphatic rings. The number of nitrogens with zero attached hydrogens (tertiary/aromatic N) is 2. The van der Waals surface area contributed by atoms with E-state index >= 15 is 0 Å². The molecule has 5 nitrogen and oxygen atoms in total. The second-order valence-electron chi connectivity index (χ2n) is 6.06. The smallest absolute Gasteiger partial charge is 0.181 e. The summed E-state index contributed by atoms with van der Waals surface area (Å²) >= 11 is 1.66. The van der Waals surface area contributed by atoms with Gasteiger partial charge in [0.2, 0.25) is 0 Å². The standard InChI is InChI=1S/C17H20N4OS/c1-10(2)6-12-9-23-17-15(12)16(20-11(3)21-17)19-8-13-7-14(22)4-5-18-13/h4-5,7,9-10H,6,8H2,1-3H3,(H,18,22)(H,19,20,21). The summed E-state index contributed by atoms with van der Waals surface area (Å²) in [6.07, 6.45) is 2.66. The van der Waals surface area contributed by atoms with Crippen molar-refractivity contribution < 1.29 is 0 Å². The molecule has 3 aromatic heterocycles. The van der Waals surface area contributed by atoms with Crippen LogP contribution in [0.3, 0.4) is 0 Å². The number of fused-ring (bicyclic) bond motifs is 1. The molecular formula is C17H20N4OS. The lowest BCUT2D eigenvalue weighted by molar-refractivity contribution is 0.651. The van der Waals surface area contributed by atoms with Gasteiger partial charge >= 0.3 is 0 Å². The molecule has 0 bridgehead atoms. The van der Waals surface area contributed by atoms with Gasteiger partial charge < -0.3 is 10.3 Å². The zero-order valence-electron chi connectivity index (χ0n) is 13.5. The highest BCUT2D eigenvalue weighted by Crippen LogP contribution is 2.31. The Hall–Kier alpha value is -2.21. The number of rotatable bonds is 5. The minimum Gasteiger partial charge on any atom is -0.364 e. The quantitative estimate of drug-likeness (QED) is 0.752. The Balaban J connectivity index is 1.95. The zero-order chi connectivity index (χ0) is 16.4. The normalized spacial score (nSPS) is 11.3. The van der Waals surface area contributed by atoms with Gasteiger partial charge in [0.15, 0.2) is 5.43 Å². The maximum atomic E-state index is 11.4. The molecule has 0 amide bonds. The summed E-state index contributed by atoms with van der Waals surface area (Å²) in [5, 5.41) is 6.64. The van der Waals surface area contributed by atoms with E-state index < -0.39 is 0 Å². The van der Waals surface area contributed by atoms with E-state index in [4.69, 9.17) is 0 Å². The summed E-state index contributed by atoms with van der Waals surface area (Å²) < 4.78 is 0. The second kappa shape index (κ2) is 6.50. The van der Waals surface area contributed by atoms with E-state index in [9.17, 15) is 4.79 Å². The lowest BCUT2D eigenvalue weighted by Gasteiger charge is -2.10. The number of aromatic amines is 1. The molecule has 0 atom stereocenters. The first-order chi connectivity index (χ1) is 11.0. The second-order valence-corrected chi connectivity index (χ2v) is 6.92. The van der Waals surface area contributed by atoms with Crippen LogP contribution in [0.5, 0.6) is 0 Å². The number of hydrogen-bond acceptors (Lipinski definition) is 5. The Kier molecular flexibility index (Phi) is 4.43. The van der Waals surface area contributed by atoms with Crippen LogP contribution in [0.4, 0.5) is 5.82 Å². The number of anilines is 1. The molecule has 2 N–H and O–H groups in total. The van der Waals surface area contributed by atoms with E-state index in [1.165, 1.54) is 11.6 Å². The van der Waals surface area contributed by atoms with E-state index in [0.717, 1.165) is 34.0 Å². The minimum absolute atomic E-state index is 0.000551. The minimum atomic E-state index is 0.000551. The van der Waals surface area contributed by atoms with E-state index in [0.29, 0.717) is 12.5 Å². The SMILES string of the molecule is Cc1nc(NCc2cc(=O)cc[nH]2)c2c(CC(C)C)csc2n1. The first-order valence-electron chi connectivity index (χ1n) is 7.69. The first-order valence-corrected chi connectivity index (χ1v) is 8.57. The average Bonchev–Trinajstić information content (AvgIpc) is 2.87. The van der Waals surface area contributed by atoms with Gasteiger partial charge in [0.25, 0.3) is 0 Å². The summed E-state index contributed by atoms with van der Waals surface area (Å²) in [7, 11) is 0. The summed E-state index contributed by atoms with van der Waals surface area (Å²) in [6, 6.07) is 3.11. The van der Waals surface area contributed by atoms with Crippen LogP contribution in [0.2, 0.25) is 0 Å². The van der Waals surface area contributed by atoms with Crippen LogP contribution >= 0.6 is 11.3 Å². The van der Waals surface area contributed by atoms with Crippen LogP contribution < -0.4 is 10.7 Å². The third kappa shape index (κ3) is 3.59. The summed E-state index contributed by atoms with van der Waals surface area (Å²) in [5.74, 6) is 2.17. The van der Waals surface area contributed by atoms with Crippen LogP contribution in [0.15, 0.2) is 28.5 Å². The molecule has 3 aromatic rings. The van der Waals surface area contributed by atoms with Gasteiger partial charge in [-0.3, -0.25) is 4.79 Å². The predicted molar refractivity (Wildman–Crippen MR) is 95.1 cm³/mol. The van der Waals surface area contributed by atoms with Crippen molar-refractivity contribution in [3.63, 3.8) is 0 Å². The molecule has 0 fully saturated rings. The molecule has 0 radical (unpaired) electrons. The predicted octanol–water partition coefficient (Wildman–Crippen LogP) is 3.50. The molecule has 0 aromatic carbocycles. The maximum Gasteiger partial charge on any atom is 0.181 e. The average molecular weight is 328 g/mol. The summed E-state index contributed by atoms with van der Waals surface area (Å²) in [4.78, 5) is 24.6. The number of aromatic nitrogens is 3. The molecule has 0 unspecified atom stereocenters. The summed E-state index contributed by atoms with van der Waals surface area (Å²) in [6.45, 7) is 6.84. The van der Waals surface area contributed by atoms with Crippen molar-refractivity contribution in [3.05, 3.63) is 51.0 Å². The third-order valence-corrected chi connectivity index (χ3v) is 4.45. The third-order valence-electron chi connectivity index (χ3n) is 3.53. The Morgan fingerprint density at radius 2 is 2.17 bits per heavy atom. The molecule has 0 saturated carbocycles. The van der Waals surface area contributed by atoms with Crippen LogP contribution in [-0.2, 0) is 13.0 Å². The van der Waals surface area contributed by atoms with Gasteiger partial charge in [-0.1, -0.05) is 13.8 Å². The van der Waals surface area contributed by atoms with Gasteiger partial charge in [0.05, 0.1) is 11.9 Å². The lowest BCUT2D eigenvalue weighted by Crippen LogP contribution is -2.08. The zero-order valence-corrected chi connectivity index (χ0v) is 14.3. The molecule has 0 aliphatic heterocycles. The van der Waals surface area contributed by atoms with Crippen molar-refractivity contribution in [2.24, 2.45) is 5.92 Å². The van der Waals surface area contributed by atoms with Gasteiger partial charge in [0, 0.05) is 24.0 Å². The molecule has 120 valence electrons. The van der Waals surface area contributed by atoms with E-state index in [1.807, 2.05) is 6.92 Å². The van der Waals surface area contributed by atoms with E-state index in [2.05, 4.69) is 39.5 Å². The Bertz CT molecular complexity index is 882. The van der Waals surface area contributed by atoms with Crippen molar-refractivity contribution in [2.75, 3.05) is 5.32 Å². The van der Waals surface area contributed by atoms with Gasteiger partial charge in [-0.25, -0.2) is 9.97 Å². The highest BCUT2D eigenvalue weighted by atomic mass is 32.1. The fourth-order valence-corrected chi connectivity index (χ4v) is 3.60. The first kappa shape index (κ1) is 15.7. The topological polar surface area (TPSA) is 70.7 Å². The van der Waals surface area contributed by atoms with Crippen LogP contribution in [-0.4, -0.2) is 15.0 Å². The van der Waals surface area contributed by atoms with Crippen molar-refractivity contribution in [1.29, 1.82) is 0 Å². The van der Waals surface area contributed by atoms with Gasteiger partial charge in [-0.2, -0.15) is 0 Å². The lowest BCUT2D eigenvalue weighted by atomic mass is 10.0. The van der Waals surface area contributed by atoms with Crippen LogP contribution in [0.25, 0.3) is 10.2 Å². The monoisotopic (exact) mass is 328 g/mol. The van der Waals surface area contributed by atoms with Crippen molar-refractivity contribution in [1.82, 2.24) is 15.0 Å². The van der Waals surface area contributed by atoms with Crippen molar-refractivity contribution in [3.8, 4) is 0 Å². The van der Waals surface area contributed by atoms with Crippen LogP contribution in [0.1, 0.15) is 30.9 Å². The largest absolute Gasteiger partial charge is 0.364 e. The van der Waals surface area contributed by atoms with Gasteiger partial charge in [0.1, 0.15) is 16.5 Å². The summed E-state index contributed by atoms with van der Waals surface area (Å²) in [5.41, 5.74) is 2.12. The fourth-order valence-electron chi connectivity index (χ4n) is 2.60. The van der Waals surface area contributed by atoms with Gasteiger partial charge in [-0.05, 0) is 30.2 Å². The molecule has 23 heavy (non-hydrogen) atoms. The van der Waals surface area contributed by atoms with Crippen molar-refractivity contribution >= 4 is 27.4 Å². The molecular weight excluding hydrogens is 308 g/mol. The number of H-pyrrole nitrogens is 1. The van der Waals surface area contributed by atoms with Crippen molar-refractivity contribution in [2.45, 2.75) is 33.7 Å². The maximum absolute atomic E-state index is 11.4. The molecule has 3 rings (SSSR count). The number of thiophene rings is 1. The molecule has 0 aliphatic carbocycles. The fraction of sp³-hybridized carbons (Fsp3) is 0.353. The molecule has 3 heterocycles. The number of pyridine rings is 1. The highest BCUT2D eigenvalue weighted by Gasteiger charge is 2.13. The molecule has 6 heteroatoms. The van der Waals surface area contributed by atoms with Crippen LogP contribution in [0, 0.1) is 12.8 Å². The number of hydrogen-bond donors (Lipinski definition) is 2. The highest BCUT2D eigenvalue weighted by molar-refractivity contribution is 7.17. The molecule has 0 spiro atoms.